The Morgan fingerprint density at radius 2 is 1.67 bits per heavy atom. The van der Waals surface area contributed by atoms with Crippen molar-refractivity contribution in [2.45, 2.75) is 19.4 Å². The first-order valence-corrected chi connectivity index (χ1v) is 9.69. The summed E-state index contributed by atoms with van der Waals surface area (Å²) in [6.45, 7) is 1.96. The first-order chi connectivity index (χ1) is 14.4. The highest BCUT2D eigenvalue weighted by atomic mass is 16.3. The van der Waals surface area contributed by atoms with Crippen molar-refractivity contribution >= 4 is 29.0 Å². The van der Waals surface area contributed by atoms with Crippen LogP contribution in [0, 0.1) is 0 Å². The van der Waals surface area contributed by atoms with E-state index in [1.54, 1.807) is 36.4 Å². The van der Waals surface area contributed by atoms with Crippen LogP contribution in [0.25, 0.3) is 0 Å². The van der Waals surface area contributed by atoms with Gasteiger partial charge in [0, 0.05) is 37.2 Å². The molecule has 0 aliphatic heterocycles. The number of urea groups is 1. The molecule has 0 bridgehead atoms. The third-order valence-electron chi connectivity index (χ3n) is 4.50. The van der Waals surface area contributed by atoms with E-state index < -0.39 is 0 Å². The maximum Gasteiger partial charge on any atom is 0.319 e. The summed E-state index contributed by atoms with van der Waals surface area (Å²) in [6.07, 6.45) is 2.16. The Morgan fingerprint density at radius 3 is 2.30 bits per heavy atom. The molecule has 3 N–H and O–H groups in total. The molecule has 7 nitrogen and oxygen atoms in total. The molecule has 0 radical (unpaired) electrons. The number of rotatable bonds is 7. The van der Waals surface area contributed by atoms with Crippen LogP contribution in [0.3, 0.4) is 0 Å². The molecule has 0 saturated carbocycles. The number of hydrogen-bond donors (Lipinski definition) is 3. The van der Waals surface area contributed by atoms with Gasteiger partial charge in [-0.3, -0.25) is 4.79 Å². The van der Waals surface area contributed by atoms with E-state index in [9.17, 15) is 9.59 Å². The van der Waals surface area contributed by atoms with Gasteiger partial charge in [0.1, 0.15) is 0 Å². The molecule has 0 saturated heterocycles. The highest BCUT2D eigenvalue weighted by Gasteiger charge is 2.11. The molecule has 0 aliphatic carbocycles. The SMILES string of the molecule is C[C@H](Cc1ccc(N(C)C)cc1)NC(=O)Nc1cccc(NC(=O)c2ccco2)c1. The first kappa shape index (κ1) is 21.0. The molecule has 0 fully saturated rings. The number of carbonyl (C=O) groups is 2. The minimum atomic E-state index is -0.351. The summed E-state index contributed by atoms with van der Waals surface area (Å²) in [7, 11) is 4.00. The molecular weight excluding hydrogens is 380 g/mol. The number of benzene rings is 2. The van der Waals surface area contributed by atoms with Crippen molar-refractivity contribution in [3.05, 3.63) is 78.3 Å². The number of nitrogens with zero attached hydrogens (tertiary/aromatic N) is 1. The maximum absolute atomic E-state index is 12.3. The van der Waals surface area contributed by atoms with Crippen LogP contribution < -0.4 is 20.9 Å². The van der Waals surface area contributed by atoms with Crippen molar-refractivity contribution < 1.29 is 14.0 Å². The lowest BCUT2D eigenvalue weighted by Crippen LogP contribution is -2.37. The molecule has 0 unspecified atom stereocenters. The molecule has 156 valence electrons. The van der Waals surface area contributed by atoms with Gasteiger partial charge in [-0.05, 0) is 61.4 Å². The topological polar surface area (TPSA) is 86.6 Å². The van der Waals surface area contributed by atoms with E-state index in [0.717, 1.165) is 17.7 Å². The van der Waals surface area contributed by atoms with Gasteiger partial charge in [-0.25, -0.2) is 4.79 Å². The maximum atomic E-state index is 12.3. The molecular formula is C23H26N4O3. The minimum absolute atomic E-state index is 0.0444. The van der Waals surface area contributed by atoms with Crippen LogP contribution in [0.15, 0.2) is 71.3 Å². The predicted octanol–water partition coefficient (Wildman–Crippen LogP) is 4.35. The summed E-state index contributed by atoms with van der Waals surface area (Å²) in [5.74, 6) is -0.131. The molecule has 0 aliphatic rings. The Kier molecular flexibility index (Phi) is 6.75. The lowest BCUT2D eigenvalue weighted by Gasteiger charge is -2.16. The highest BCUT2D eigenvalue weighted by molar-refractivity contribution is 6.02. The molecule has 0 spiro atoms. The molecule has 30 heavy (non-hydrogen) atoms. The average molecular weight is 406 g/mol. The lowest BCUT2D eigenvalue weighted by molar-refractivity contribution is 0.0996. The van der Waals surface area contributed by atoms with E-state index in [2.05, 4.69) is 40.2 Å². The lowest BCUT2D eigenvalue weighted by atomic mass is 10.1. The Morgan fingerprint density at radius 1 is 0.967 bits per heavy atom. The van der Waals surface area contributed by atoms with Gasteiger partial charge in [0.05, 0.1) is 6.26 Å². The van der Waals surface area contributed by atoms with Crippen molar-refractivity contribution in [2.24, 2.45) is 0 Å². The van der Waals surface area contributed by atoms with Gasteiger partial charge >= 0.3 is 6.03 Å². The van der Waals surface area contributed by atoms with Gasteiger partial charge < -0.3 is 25.3 Å². The summed E-state index contributed by atoms with van der Waals surface area (Å²) in [5, 5.41) is 8.47. The molecule has 1 heterocycles. The standard InChI is InChI=1S/C23H26N4O3/c1-16(14-17-9-11-20(12-10-17)27(2)3)24-23(29)26-19-7-4-6-18(15-19)25-22(28)21-8-5-13-30-21/h4-13,15-16H,14H2,1-3H3,(H,25,28)(H2,24,26,29)/t16-/m1/s1. The summed E-state index contributed by atoms with van der Waals surface area (Å²) in [5.41, 5.74) is 3.42. The van der Waals surface area contributed by atoms with Crippen molar-refractivity contribution in [3.8, 4) is 0 Å². The normalized spacial score (nSPS) is 11.4. The van der Waals surface area contributed by atoms with Crippen LogP contribution in [0.5, 0.6) is 0 Å². The molecule has 1 aromatic heterocycles. The minimum Gasteiger partial charge on any atom is -0.459 e. The van der Waals surface area contributed by atoms with Gasteiger partial charge in [0.15, 0.2) is 5.76 Å². The summed E-state index contributed by atoms with van der Waals surface area (Å²) >= 11 is 0. The summed E-state index contributed by atoms with van der Waals surface area (Å²) in [4.78, 5) is 26.5. The quantitative estimate of drug-likeness (QED) is 0.544. The van der Waals surface area contributed by atoms with Crippen molar-refractivity contribution in [1.82, 2.24) is 5.32 Å². The van der Waals surface area contributed by atoms with Crippen molar-refractivity contribution in [2.75, 3.05) is 29.6 Å². The molecule has 7 heteroatoms. The molecule has 3 amide bonds. The van der Waals surface area contributed by atoms with Gasteiger partial charge in [0.2, 0.25) is 0 Å². The number of furan rings is 1. The second-order valence-corrected chi connectivity index (χ2v) is 7.28. The number of carbonyl (C=O) groups excluding carboxylic acids is 2. The van der Waals surface area contributed by atoms with Crippen LogP contribution in [0.4, 0.5) is 21.9 Å². The van der Waals surface area contributed by atoms with Gasteiger partial charge in [-0.1, -0.05) is 18.2 Å². The Balaban J connectivity index is 1.52. The van der Waals surface area contributed by atoms with Gasteiger partial charge in [-0.15, -0.1) is 0 Å². The van der Waals surface area contributed by atoms with E-state index in [1.165, 1.54) is 6.26 Å². The Hall–Kier alpha value is -3.74. The van der Waals surface area contributed by atoms with Crippen LogP contribution >= 0.6 is 0 Å². The van der Waals surface area contributed by atoms with E-state index in [0.29, 0.717) is 11.4 Å². The highest BCUT2D eigenvalue weighted by Crippen LogP contribution is 2.17. The van der Waals surface area contributed by atoms with Gasteiger partial charge in [0.25, 0.3) is 5.91 Å². The van der Waals surface area contributed by atoms with E-state index >= 15 is 0 Å². The fourth-order valence-electron chi connectivity index (χ4n) is 3.00. The third kappa shape index (κ3) is 5.88. The zero-order valence-corrected chi connectivity index (χ0v) is 17.3. The van der Waals surface area contributed by atoms with Gasteiger partial charge in [-0.2, -0.15) is 0 Å². The van der Waals surface area contributed by atoms with Crippen molar-refractivity contribution in [3.63, 3.8) is 0 Å². The Bertz CT molecular complexity index is 982. The van der Waals surface area contributed by atoms with Crippen molar-refractivity contribution in [1.29, 1.82) is 0 Å². The fraction of sp³-hybridized carbons (Fsp3) is 0.217. The largest absolute Gasteiger partial charge is 0.459 e. The monoisotopic (exact) mass is 406 g/mol. The summed E-state index contributed by atoms with van der Waals surface area (Å²) in [6, 6.07) is 18.1. The zero-order chi connectivity index (χ0) is 21.5. The third-order valence-corrected chi connectivity index (χ3v) is 4.50. The zero-order valence-electron chi connectivity index (χ0n) is 17.3. The second-order valence-electron chi connectivity index (χ2n) is 7.28. The molecule has 3 aromatic rings. The van der Waals surface area contributed by atoms with E-state index in [1.807, 2.05) is 25.9 Å². The van der Waals surface area contributed by atoms with E-state index in [-0.39, 0.29) is 23.7 Å². The average Bonchev–Trinajstić information content (AvgIpc) is 3.23. The first-order valence-electron chi connectivity index (χ1n) is 9.69. The summed E-state index contributed by atoms with van der Waals surface area (Å²) < 4.78 is 5.08. The number of hydrogen-bond acceptors (Lipinski definition) is 4. The molecule has 2 aromatic carbocycles. The molecule has 3 rings (SSSR count). The molecule has 1 atom stereocenters. The van der Waals surface area contributed by atoms with Crippen LogP contribution in [0.1, 0.15) is 23.0 Å². The number of amides is 3. The second kappa shape index (κ2) is 9.65. The van der Waals surface area contributed by atoms with Crippen LogP contribution in [-0.4, -0.2) is 32.1 Å². The number of anilines is 3. The van der Waals surface area contributed by atoms with Crippen LogP contribution in [-0.2, 0) is 6.42 Å². The number of nitrogens with one attached hydrogen (secondary N) is 3. The van der Waals surface area contributed by atoms with E-state index in [4.69, 9.17) is 4.42 Å². The smallest absolute Gasteiger partial charge is 0.319 e. The Labute approximate surface area is 176 Å². The predicted molar refractivity (Wildman–Crippen MR) is 119 cm³/mol. The van der Waals surface area contributed by atoms with Crippen LogP contribution in [0.2, 0.25) is 0 Å². The fourth-order valence-corrected chi connectivity index (χ4v) is 3.00.